The van der Waals surface area contributed by atoms with E-state index in [1.165, 1.54) is 5.56 Å². The first-order chi connectivity index (χ1) is 11.1. The fourth-order valence-corrected chi connectivity index (χ4v) is 2.88. The summed E-state index contributed by atoms with van der Waals surface area (Å²) in [6.45, 7) is 11.6. The third kappa shape index (κ3) is 8.89. The Balaban J connectivity index is 0. The number of likely N-dealkylation sites (N-methyl/N-ethyl adjacent to an activating group) is 1. The Hall–Kier alpha value is -0.560. The number of benzene rings is 1. The van der Waals surface area contributed by atoms with Crippen LogP contribution in [0, 0.1) is 5.92 Å². The summed E-state index contributed by atoms with van der Waals surface area (Å²) in [5, 5.41) is 6.00. The molecule has 2 N–H and O–H groups in total. The van der Waals surface area contributed by atoms with Crippen molar-refractivity contribution < 1.29 is 4.79 Å². The molecule has 152 valence electrons. The second-order valence-corrected chi connectivity index (χ2v) is 6.36. The van der Waals surface area contributed by atoms with E-state index in [1.807, 2.05) is 26.1 Å². The Morgan fingerprint density at radius 2 is 1.58 bits per heavy atom. The minimum absolute atomic E-state index is 0. The molecule has 1 aliphatic heterocycles. The number of hydrogen-bond donors (Lipinski definition) is 2. The van der Waals surface area contributed by atoms with Crippen LogP contribution in [-0.2, 0) is 11.3 Å². The second-order valence-electron chi connectivity index (χ2n) is 6.36. The Bertz CT molecular complexity index is 494. The fourth-order valence-electron chi connectivity index (χ4n) is 2.88. The van der Waals surface area contributed by atoms with Gasteiger partial charge in [0.05, 0.1) is 0 Å². The third-order valence-electron chi connectivity index (χ3n) is 4.50. The molecule has 8 heteroatoms. The average molecular weight is 428 g/mol. The van der Waals surface area contributed by atoms with Crippen molar-refractivity contribution in [2.24, 2.45) is 5.92 Å². The summed E-state index contributed by atoms with van der Waals surface area (Å²) < 4.78 is 0. The molecular weight excluding hydrogens is 395 g/mol. The molecule has 1 saturated heterocycles. The van der Waals surface area contributed by atoms with Gasteiger partial charge in [0.1, 0.15) is 0 Å². The Morgan fingerprint density at radius 1 is 1.04 bits per heavy atom. The number of carbonyl (C=O) groups is 1. The monoisotopic (exact) mass is 426 g/mol. The van der Waals surface area contributed by atoms with Gasteiger partial charge in [0.2, 0.25) is 5.91 Å². The maximum atomic E-state index is 12.0. The van der Waals surface area contributed by atoms with E-state index in [4.69, 9.17) is 0 Å². The number of nitrogens with one attached hydrogen (secondary N) is 2. The zero-order chi connectivity index (χ0) is 16.7. The number of nitrogens with zero attached hydrogens (tertiary/aromatic N) is 2. The predicted molar refractivity (Wildman–Crippen MR) is 117 cm³/mol. The molecule has 1 unspecified atom stereocenters. The quantitative estimate of drug-likeness (QED) is 0.702. The first-order valence-electron chi connectivity index (χ1n) is 8.61. The number of halogens is 3. The summed E-state index contributed by atoms with van der Waals surface area (Å²) in [6.07, 6.45) is 0. The minimum atomic E-state index is -0.0328. The van der Waals surface area contributed by atoms with Crippen molar-refractivity contribution in [3.8, 4) is 0 Å². The molecule has 26 heavy (non-hydrogen) atoms. The van der Waals surface area contributed by atoms with Crippen LogP contribution in [0.25, 0.3) is 0 Å². The highest BCUT2D eigenvalue weighted by Gasteiger charge is 2.15. The Labute approximate surface area is 176 Å². The van der Waals surface area contributed by atoms with E-state index in [2.05, 4.69) is 39.5 Å². The third-order valence-corrected chi connectivity index (χ3v) is 4.50. The molecule has 0 radical (unpaired) electrons. The van der Waals surface area contributed by atoms with Gasteiger partial charge in [-0.3, -0.25) is 9.69 Å². The molecule has 0 saturated carbocycles. The molecule has 1 aromatic carbocycles. The predicted octanol–water partition coefficient (Wildman–Crippen LogP) is 2.88. The van der Waals surface area contributed by atoms with E-state index in [9.17, 15) is 4.79 Å². The van der Waals surface area contributed by atoms with Crippen LogP contribution in [0.15, 0.2) is 24.3 Å². The molecule has 1 aliphatic rings. The molecule has 1 aromatic rings. The first kappa shape index (κ1) is 27.7. The Kier molecular flexibility index (Phi) is 15.4. The molecular formula is C18H33Cl3N4O. The van der Waals surface area contributed by atoms with E-state index in [-0.39, 0.29) is 49.0 Å². The normalized spacial score (nSPS) is 15.8. The van der Waals surface area contributed by atoms with Crippen molar-refractivity contribution >= 4 is 48.8 Å². The van der Waals surface area contributed by atoms with Crippen LogP contribution in [0.3, 0.4) is 0 Å². The highest BCUT2D eigenvalue weighted by molar-refractivity contribution is 5.92. The van der Waals surface area contributed by atoms with E-state index in [0.29, 0.717) is 6.54 Å². The van der Waals surface area contributed by atoms with Gasteiger partial charge in [-0.05, 0) is 31.3 Å². The average Bonchev–Trinajstić information content (AvgIpc) is 2.57. The van der Waals surface area contributed by atoms with Crippen molar-refractivity contribution in [2.45, 2.75) is 20.4 Å². The lowest BCUT2D eigenvalue weighted by atomic mass is 10.1. The van der Waals surface area contributed by atoms with Crippen LogP contribution in [0.1, 0.15) is 19.4 Å². The molecule has 0 spiro atoms. The number of carbonyl (C=O) groups excluding carboxylic acids is 1. The maximum absolute atomic E-state index is 12.0. The molecule has 1 amide bonds. The van der Waals surface area contributed by atoms with Crippen LogP contribution in [0.2, 0.25) is 0 Å². The molecule has 1 heterocycles. The maximum Gasteiger partial charge on any atom is 0.228 e. The van der Waals surface area contributed by atoms with Crippen LogP contribution in [0.4, 0.5) is 5.69 Å². The summed E-state index contributed by atoms with van der Waals surface area (Å²) >= 11 is 0. The van der Waals surface area contributed by atoms with Gasteiger partial charge in [-0.15, -0.1) is 37.2 Å². The minimum Gasteiger partial charge on any atom is -0.326 e. The summed E-state index contributed by atoms with van der Waals surface area (Å²) in [5.41, 5.74) is 2.17. The fraction of sp³-hybridized carbons (Fsp3) is 0.611. The second kappa shape index (κ2) is 14.5. The lowest BCUT2D eigenvalue weighted by Gasteiger charge is -2.34. The van der Waals surface area contributed by atoms with Gasteiger partial charge in [-0.1, -0.05) is 26.0 Å². The van der Waals surface area contributed by atoms with Crippen LogP contribution in [-0.4, -0.2) is 62.0 Å². The van der Waals surface area contributed by atoms with Crippen molar-refractivity contribution in [1.82, 2.24) is 15.1 Å². The van der Waals surface area contributed by atoms with E-state index in [0.717, 1.165) is 45.0 Å². The largest absolute Gasteiger partial charge is 0.326 e. The van der Waals surface area contributed by atoms with Gasteiger partial charge in [-0.2, -0.15) is 0 Å². The van der Waals surface area contributed by atoms with E-state index in [1.54, 1.807) is 0 Å². The molecule has 0 aliphatic carbocycles. The summed E-state index contributed by atoms with van der Waals surface area (Å²) in [5.74, 6) is 0.0253. The van der Waals surface area contributed by atoms with E-state index >= 15 is 0 Å². The number of rotatable bonds is 7. The highest BCUT2D eigenvalue weighted by atomic mass is 35.5. The first-order valence-corrected chi connectivity index (χ1v) is 8.61. The molecule has 2 rings (SSSR count). The summed E-state index contributed by atoms with van der Waals surface area (Å²) in [6, 6.07) is 8.23. The van der Waals surface area contributed by atoms with Gasteiger partial charge >= 0.3 is 0 Å². The van der Waals surface area contributed by atoms with Gasteiger partial charge in [0, 0.05) is 50.9 Å². The van der Waals surface area contributed by atoms with Crippen LogP contribution >= 0.6 is 37.2 Å². The summed E-state index contributed by atoms with van der Waals surface area (Å²) in [7, 11) is 1.86. The SMILES string of the molecule is CCN1CCN(Cc2ccc(NC(=O)C(C)CNC)cc2)CC1.Cl.Cl.Cl. The van der Waals surface area contributed by atoms with Crippen LogP contribution in [0.5, 0.6) is 0 Å². The van der Waals surface area contributed by atoms with Crippen molar-refractivity contribution in [2.75, 3.05) is 51.6 Å². The van der Waals surface area contributed by atoms with Crippen molar-refractivity contribution in [1.29, 1.82) is 0 Å². The lowest BCUT2D eigenvalue weighted by molar-refractivity contribution is -0.119. The molecule has 1 fully saturated rings. The van der Waals surface area contributed by atoms with Gasteiger partial charge < -0.3 is 15.5 Å². The molecule has 0 bridgehead atoms. The number of amides is 1. The Morgan fingerprint density at radius 3 is 2.08 bits per heavy atom. The standard InChI is InChI=1S/C18H30N4O.3ClH/c1-4-21-9-11-22(12-10-21)14-16-5-7-17(8-6-16)20-18(23)15(2)13-19-3;;;/h5-8,15,19H,4,9-14H2,1-3H3,(H,20,23);3*1H. The van der Waals surface area contributed by atoms with Crippen LogP contribution < -0.4 is 10.6 Å². The number of piperazine rings is 1. The highest BCUT2D eigenvalue weighted by Crippen LogP contribution is 2.14. The van der Waals surface area contributed by atoms with Gasteiger partial charge in [0.15, 0.2) is 0 Å². The van der Waals surface area contributed by atoms with Crippen molar-refractivity contribution in [3.05, 3.63) is 29.8 Å². The van der Waals surface area contributed by atoms with Crippen molar-refractivity contribution in [3.63, 3.8) is 0 Å². The van der Waals surface area contributed by atoms with Gasteiger partial charge in [0.25, 0.3) is 0 Å². The molecule has 1 atom stereocenters. The molecule has 5 nitrogen and oxygen atoms in total. The zero-order valence-electron chi connectivity index (χ0n) is 15.9. The summed E-state index contributed by atoms with van der Waals surface area (Å²) in [4.78, 5) is 17.0. The topological polar surface area (TPSA) is 47.6 Å². The number of anilines is 1. The van der Waals surface area contributed by atoms with E-state index < -0.39 is 0 Å². The van der Waals surface area contributed by atoms with Gasteiger partial charge in [-0.25, -0.2) is 0 Å². The smallest absolute Gasteiger partial charge is 0.228 e. The zero-order valence-corrected chi connectivity index (χ0v) is 18.3. The molecule has 0 aromatic heterocycles. The number of hydrogen-bond acceptors (Lipinski definition) is 4. The lowest BCUT2D eigenvalue weighted by Crippen LogP contribution is -2.45.